The molecule has 0 amide bonds. The molecule has 0 aromatic heterocycles. The second-order valence-corrected chi connectivity index (χ2v) is 7.69. The van der Waals surface area contributed by atoms with Crippen molar-refractivity contribution in [3.63, 3.8) is 0 Å². The molecule has 2 fully saturated rings. The zero-order valence-electron chi connectivity index (χ0n) is 11.3. The molecular formula is C12H24N2O3S. The van der Waals surface area contributed by atoms with E-state index in [4.69, 9.17) is 4.74 Å². The summed E-state index contributed by atoms with van der Waals surface area (Å²) in [6.45, 7) is 6.34. The van der Waals surface area contributed by atoms with Crippen LogP contribution in [0.1, 0.15) is 33.1 Å². The van der Waals surface area contributed by atoms with Gasteiger partial charge in [-0.2, -0.15) is 4.31 Å². The Bertz CT molecular complexity index is 360. The third kappa shape index (κ3) is 3.04. The topological polar surface area (TPSA) is 58.6 Å². The van der Waals surface area contributed by atoms with Gasteiger partial charge in [-0.3, -0.25) is 0 Å². The van der Waals surface area contributed by atoms with Crippen LogP contribution in [0.3, 0.4) is 0 Å². The Morgan fingerprint density at radius 3 is 2.50 bits per heavy atom. The number of nitrogens with zero attached hydrogens (tertiary/aromatic N) is 1. The second-order valence-electron chi connectivity index (χ2n) is 5.33. The number of nitrogens with one attached hydrogen (secondary N) is 1. The van der Waals surface area contributed by atoms with E-state index in [1.54, 1.807) is 11.2 Å². The molecule has 2 rings (SSSR count). The summed E-state index contributed by atoms with van der Waals surface area (Å²) in [4.78, 5) is 0. The van der Waals surface area contributed by atoms with Crippen LogP contribution in [0.4, 0.5) is 0 Å². The number of fused-ring (bicyclic) bond motifs is 2. The molecule has 5 nitrogen and oxygen atoms in total. The summed E-state index contributed by atoms with van der Waals surface area (Å²) in [5.41, 5.74) is 0. The number of ether oxygens (including phenoxy) is 1. The lowest BCUT2D eigenvalue weighted by molar-refractivity contribution is -0.0116. The number of hydrogen-bond acceptors (Lipinski definition) is 4. The summed E-state index contributed by atoms with van der Waals surface area (Å²) in [6, 6.07) is 0. The van der Waals surface area contributed by atoms with Crippen molar-refractivity contribution in [2.45, 2.75) is 50.6 Å². The standard InChI is InChI=1S/C12H24N2O3S/c1-3-6-13-7-10(2)18(15,16)14-8-11-4-5-12(9-14)17-11/h10-13H,3-9H2,1-2H3. The van der Waals surface area contributed by atoms with Crippen molar-refractivity contribution < 1.29 is 13.2 Å². The average molecular weight is 276 g/mol. The van der Waals surface area contributed by atoms with Gasteiger partial charge in [0, 0.05) is 19.6 Å². The van der Waals surface area contributed by atoms with Gasteiger partial charge in [0.2, 0.25) is 10.0 Å². The molecule has 0 radical (unpaired) electrons. The largest absolute Gasteiger partial charge is 0.372 e. The van der Waals surface area contributed by atoms with Gasteiger partial charge >= 0.3 is 0 Å². The van der Waals surface area contributed by atoms with Gasteiger partial charge in [0.1, 0.15) is 0 Å². The molecule has 6 heteroatoms. The van der Waals surface area contributed by atoms with E-state index in [9.17, 15) is 8.42 Å². The zero-order chi connectivity index (χ0) is 13.2. The van der Waals surface area contributed by atoms with Gasteiger partial charge in [-0.05, 0) is 32.7 Å². The normalized spacial score (nSPS) is 30.6. The lowest BCUT2D eigenvalue weighted by Crippen LogP contribution is -2.50. The first-order valence-electron chi connectivity index (χ1n) is 6.89. The van der Waals surface area contributed by atoms with Gasteiger partial charge in [0.05, 0.1) is 17.5 Å². The fourth-order valence-electron chi connectivity index (χ4n) is 2.63. The van der Waals surface area contributed by atoms with Gasteiger partial charge in [-0.25, -0.2) is 8.42 Å². The monoisotopic (exact) mass is 276 g/mol. The van der Waals surface area contributed by atoms with Crippen LogP contribution in [-0.4, -0.2) is 56.4 Å². The molecule has 2 bridgehead atoms. The van der Waals surface area contributed by atoms with Gasteiger partial charge in [0.15, 0.2) is 0 Å². The van der Waals surface area contributed by atoms with E-state index in [0.717, 1.165) is 25.8 Å². The van der Waals surface area contributed by atoms with Crippen LogP contribution >= 0.6 is 0 Å². The first-order chi connectivity index (χ1) is 8.54. The smallest absolute Gasteiger partial charge is 0.218 e. The molecule has 0 aliphatic carbocycles. The van der Waals surface area contributed by atoms with Crippen molar-refractivity contribution in [2.75, 3.05) is 26.2 Å². The Labute approximate surface area is 110 Å². The van der Waals surface area contributed by atoms with Crippen LogP contribution in [0.25, 0.3) is 0 Å². The molecule has 3 atom stereocenters. The average Bonchev–Trinajstić information content (AvgIpc) is 2.68. The summed E-state index contributed by atoms with van der Waals surface area (Å²) >= 11 is 0. The third-order valence-electron chi connectivity index (χ3n) is 3.74. The van der Waals surface area contributed by atoms with E-state index in [1.807, 2.05) is 0 Å². The van der Waals surface area contributed by atoms with E-state index < -0.39 is 10.0 Å². The third-order valence-corrected chi connectivity index (χ3v) is 5.94. The SMILES string of the molecule is CCCNCC(C)S(=O)(=O)N1CC2CCC(C1)O2. The molecular weight excluding hydrogens is 252 g/mol. The zero-order valence-corrected chi connectivity index (χ0v) is 12.1. The maximum absolute atomic E-state index is 12.4. The summed E-state index contributed by atoms with van der Waals surface area (Å²) < 4.78 is 32.2. The van der Waals surface area contributed by atoms with Crippen molar-refractivity contribution >= 4 is 10.0 Å². The molecule has 2 heterocycles. The minimum atomic E-state index is -3.18. The summed E-state index contributed by atoms with van der Waals surface area (Å²) in [5.74, 6) is 0. The molecule has 3 unspecified atom stereocenters. The number of hydrogen-bond donors (Lipinski definition) is 1. The maximum Gasteiger partial charge on any atom is 0.218 e. The van der Waals surface area contributed by atoms with Gasteiger partial charge in [-0.15, -0.1) is 0 Å². The van der Waals surface area contributed by atoms with Crippen molar-refractivity contribution in [1.29, 1.82) is 0 Å². The Morgan fingerprint density at radius 2 is 1.94 bits per heavy atom. The summed E-state index contributed by atoms with van der Waals surface area (Å²) in [7, 11) is -3.18. The molecule has 2 aliphatic rings. The van der Waals surface area contributed by atoms with Crippen molar-refractivity contribution in [3.8, 4) is 0 Å². The Morgan fingerprint density at radius 1 is 1.33 bits per heavy atom. The lowest BCUT2D eigenvalue weighted by atomic mass is 10.2. The summed E-state index contributed by atoms with van der Waals surface area (Å²) in [5, 5.41) is 2.82. The molecule has 0 spiro atoms. The molecule has 1 N–H and O–H groups in total. The highest BCUT2D eigenvalue weighted by molar-refractivity contribution is 7.89. The van der Waals surface area contributed by atoms with Gasteiger partial charge < -0.3 is 10.1 Å². The van der Waals surface area contributed by atoms with Crippen LogP contribution in [0.5, 0.6) is 0 Å². The predicted octanol–water partition coefficient (Wildman–Crippen LogP) is 0.568. The molecule has 2 aliphatic heterocycles. The number of rotatable bonds is 6. The highest BCUT2D eigenvalue weighted by Crippen LogP contribution is 2.28. The molecule has 18 heavy (non-hydrogen) atoms. The molecule has 0 aromatic carbocycles. The quantitative estimate of drug-likeness (QED) is 0.721. The van der Waals surface area contributed by atoms with Crippen LogP contribution < -0.4 is 5.32 Å². The molecule has 2 saturated heterocycles. The van der Waals surface area contributed by atoms with Gasteiger partial charge in [0.25, 0.3) is 0 Å². The first kappa shape index (κ1) is 14.2. The van der Waals surface area contributed by atoms with E-state index in [0.29, 0.717) is 19.6 Å². The molecule has 0 saturated carbocycles. The van der Waals surface area contributed by atoms with E-state index in [-0.39, 0.29) is 17.5 Å². The fraction of sp³-hybridized carbons (Fsp3) is 1.00. The van der Waals surface area contributed by atoms with Gasteiger partial charge in [-0.1, -0.05) is 6.92 Å². The fourth-order valence-corrected chi connectivity index (χ4v) is 4.21. The second kappa shape index (κ2) is 5.86. The van der Waals surface area contributed by atoms with Crippen LogP contribution in [0, 0.1) is 0 Å². The minimum Gasteiger partial charge on any atom is -0.372 e. The maximum atomic E-state index is 12.4. The minimum absolute atomic E-state index is 0.120. The number of morpholine rings is 1. The van der Waals surface area contributed by atoms with Crippen molar-refractivity contribution in [2.24, 2.45) is 0 Å². The predicted molar refractivity (Wildman–Crippen MR) is 71.0 cm³/mol. The van der Waals surface area contributed by atoms with Crippen LogP contribution in [0.15, 0.2) is 0 Å². The highest BCUT2D eigenvalue weighted by Gasteiger charge is 2.40. The van der Waals surface area contributed by atoms with Crippen molar-refractivity contribution in [1.82, 2.24) is 9.62 Å². The Hall–Kier alpha value is -0.170. The summed E-state index contributed by atoms with van der Waals surface area (Å²) in [6.07, 6.45) is 3.26. The molecule has 106 valence electrons. The lowest BCUT2D eigenvalue weighted by Gasteiger charge is -2.33. The number of sulfonamides is 1. The highest BCUT2D eigenvalue weighted by atomic mass is 32.2. The Balaban J connectivity index is 1.93. The molecule has 0 aromatic rings. The van der Waals surface area contributed by atoms with Crippen molar-refractivity contribution in [3.05, 3.63) is 0 Å². The van der Waals surface area contributed by atoms with E-state index >= 15 is 0 Å². The van der Waals surface area contributed by atoms with E-state index in [2.05, 4.69) is 12.2 Å². The van der Waals surface area contributed by atoms with Crippen LogP contribution in [-0.2, 0) is 14.8 Å². The Kier molecular flexibility index (Phi) is 4.64. The van der Waals surface area contributed by atoms with E-state index in [1.165, 1.54) is 0 Å². The van der Waals surface area contributed by atoms with Crippen LogP contribution in [0.2, 0.25) is 0 Å². The first-order valence-corrected chi connectivity index (χ1v) is 8.39.